The highest BCUT2D eigenvalue weighted by Crippen LogP contribution is 2.20. The molecule has 0 bridgehead atoms. The van der Waals surface area contributed by atoms with Crippen LogP contribution in [-0.4, -0.2) is 69.5 Å². The van der Waals surface area contributed by atoms with Gasteiger partial charge in [0.15, 0.2) is 0 Å². The zero-order chi connectivity index (χ0) is 15.9. The van der Waals surface area contributed by atoms with Gasteiger partial charge >= 0.3 is 0 Å². The molecule has 0 aromatic rings. The fourth-order valence-electron chi connectivity index (χ4n) is 2.48. The van der Waals surface area contributed by atoms with Crippen molar-refractivity contribution in [3.63, 3.8) is 0 Å². The fraction of sp³-hybridized carbons (Fsp3) is 1.00. The minimum Gasteiger partial charge on any atom is -0.377 e. The van der Waals surface area contributed by atoms with Gasteiger partial charge in [-0.15, -0.1) is 0 Å². The van der Waals surface area contributed by atoms with Gasteiger partial charge in [0.05, 0.1) is 12.7 Å². The second-order valence-electron chi connectivity index (χ2n) is 5.92. The van der Waals surface area contributed by atoms with Gasteiger partial charge in [0.2, 0.25) is 0 Å². The molecule has 1 heterocycles. The van der Waals surface area contributed by atoms with Crippen LogP contribution in [0.1, 0.15) is 33.6 Å². The molecule has 0 aromatic carbocycles. The summed E-state index contributed by atoms with van der Waals surface area (Å²) in [7, 11) is -1.73. The molecule has 1 unspecified atom stereocenters. The van der Waals surface area contributed by atoms with Gasteiger partial charge in [0, 0.05) is 26.7 Å². The zero-order valence-corrected chi connectivity index (χ0v) is 14.7. The van der Waals surface area contributed by atoms with E-state index in [-0.39, 0.29) is 6.10 Å². The van der Waals surface area contributed by atoms with E-state index in [1.54, 1.807) is 11.4 Å². The first kappa shape index (κ1) is 18.8. The van der Waals surface area contributed by atoms with Crippen LogP contribution in [0.4, 0.5) is 0 Å². The van der Waals surface area contributed by atoms with E-state index in [9.17, 15) is 8.42 Å². The van der Waals surface area contributed by atoms with Crippen LogP contribution in [0.25, 0.3) is 0 Å². The van der Waals surface area contributed by atoms with E-state index in [4.69, 9.17) is 4.74 Å². The molecule has 0 amide bonds. The fourth-order valence-corrected chi connectivity index (χ4v) is 3.94. The van der Waals surface area contributed by atoms with Gasteiger partial charge in [-0.3, -0.25) is 0 Å². The van der Waals surface area contributed by atoms with Gasteiger partial charge in [-0.1, -0.05) is 6.92 Å². The molecular formula is C14H31N3O3S. The maximum Gasteiger partial charge on any atom is 0.281 e. The lowest BCUT2D eigenvalue weighted by Crippen LogP contribution is -2.48. The Morgan fingerprint density at radius 3 is 2.76 bits per heavy atom. The maximum absolute atomic E-state index is 12.6. The third-order valence-electron chi connectivity index (χ3n) is 3.74. The van der Waals surface area contributed by atoms with Crippen LogP contribution in [0.3, 0.4) is 0 Å². The molecule has 7 heteroatoms. The topological polar surface area (TPSA) is 61.9 Å². The highest BCUT2D eigenvalue weighted by Gasteiger charge is 2.31. The van der Waals surface area contributed by atoms with Gasteiger partial charge in [-0.05, 0) is 45.7 Å². The Bertz CT molecular complexity index is 387. The van der Waals surface area contributed by atoms with Crippen molar-refractivity contribution in [2.24, 2.45) is 5.92 Å². The van der Waals surface area contributed by atoms with Gasteiger partial charge in [0.1, 0.15) is 0 Å². The second-order valence-corrected chi connectivity index (χ2v) is 7.96. The Labute approximate surface area is 130 Å². The Morgan fingerprint density at radius 2 is 2.14 bits per heavy atom. The quantitative estimate of drug-likeness (QED) is 0.686. The summed E-state index contributed by atoms with van der Waals surface area (Å²) in [6, 6.07) is 0. The van der Waals surface area contributed by atoms with Crippen molar-refractivity contribution in [2.45, 2.75) is 39.7 Å². The number of nitrogens with zero attached hydrogens (tertiary/aromatic N) is 2. The summed E-state index contributed by atoms with van der Waals surface area (Å²) in [6.07, 6.45) is 2.16. The van der Waals surface area contributed by atoms with Crippen LogP contribution in [0.15, 0.2) is 0 Å². The third kappa shape index (κ3) is 6.20. The van der Waals surface area contributed by atoms with E-state index in [0.29, 0.717) is 32.2 Å². The number of ether oxygens (including phenoxy) is 1. The average Bonchev–Trinajstić information content (AvgIpc) is 2.44. The van der Waals surface area contributed by atoms with Crippen molar-refractivity contribution in [1.29, 1.82) is 0 Å². The summed E-state index contributed by atoms with van der Waals surface area (Å²) in [6.45, 7) is 9.86. The summed E-state index contributed by atoms with van der Waals surface area (Å²) in [5.74, 6) is 0.411. The molecule has 126 valence electrons. The summed E-state index contributed by atoms with van der Waals surface area (Å²) in [4.78, 5) is 0. The molecule has 1 atom stereocenters. The molecule has 1 fully saturated rings. The van der Waals surface area contributed by atoms with Crippen molar-refractivity contribution in [2.75, 3.05) is 46.4 Å². The van der Waals surface area contributed by atoms with Gasteiger partial charge in [0.25, 0.3) is 10.2 Å². The van der Waals surface area contributed by atoms with E-state index < -0.39 is 10.2 Å². The maximum atomic E-state index is 12.6. The molecule has 0 radical (unpaired) electrons. The molecule has 6 nitrogen and oxygen atoms in total. The van der Waals surface area contributed by atoms with Crippen LogP contribution in [0, 0.1) is 5.92 Å². The first-order valence-corrected chi connectivity index (χ1v) is 9.31. The summed E-state index contributed by atoms with van der Waals surface area (Å²) >= 11 is 0. The number of hydrogen-bond acceptors (Lipinski definition) is 4. The average molecular weight is 321 g/mol. The van der Waals surface area contributed by atoms with Crippen LogP contribution >= 0.6 is 0 Å². The number of nitrogens with one attached hydrogen (secondary N) is 1. The standard InChI is InChI=1S/C14H31N3O3S/c1-5-15-11-14-7-6-8-17(12-14)21(18,19)16(4)9-10-20-13(2)3/h13-15H,5-12H2,1-4H3. The highest BCUT2D eigenvalue weighted by atomic mass is 32.2. The predicted octanol–water partition coefficient (Wildman–Crippen LogP) is 0.910. The van der Waals surface area contributed by atoms with Crippen molar-refractivity contribution >= 4 is 10.2 Å². The van der Waals surface area contributed by atoms with E-state index in [0.717, 1.165) is 25.9 Å². The first-order valence-electron chi connectivity index (χ1n) is 7.91. The van der Waals surface area contributed by atoms with Crippen molar-refractivity contribution in [1.82, 2.24) is 13.9 Å². The highest BCUT2D eigenvalue weighted by molar-refractivity contribution is 7.86. The van der Waals surface area contributed by atoms with Crippen molar-refractivity contribution in [3.05, 3.63) is 0 Å². The molecule has 0 spiro atoms. The number of likely N-dealkylation sites (N-methyl/N-ethyl adjacent to an activating group) is 1. The molecule has 1 saturated heterocycles. The van der Waals surface area contributed by atoms with Gasteiger partial charge in [-0.2, -0.15) is 17.0 Å². The molecule has 1 rings (SSSR count). The molecule has 1 N–H and O–H groups in total. The Morgan fingerprint density at radius 1 is 1.43 bits per heavy atom. The van der Waals surface area contributed by atoms with Crippen molar-refractivity contribution < 1.29 is 13.2 Å². The molecule has 21 heavy (non-hydrogen) atoms. The molecule has 1 aliphatic rings. The third-order valence-corrected chi connectivity index (χ3v) is 5.70. The van der Waals surface area contributed by atoms with E-state index in [2.05, 4.69) is 12.2 Å². The summed E-state index contributed by atoms with van der Waals surface area (Å²) in [5, 5.41) is 3.31. The minimum atomic E-state index is -3.36. The van der Waals surface area contributed by atoms with Crippen LogP contribution in [0.2, 0.25) is 0 Å². The van der Waals surface area contributed by atoms with Gasteiger partial charge < -0.3 is 10.1 Å². The SMILES string of the molecule is CCNCC1CCCN(S(=O)(=O)N(C)CCOC(C)C)C1. The predicted molar refractivity (Wildman–Crippen MR) is 85.5 cm³/mol. The number of piperidine rings is 1. The van der Waals surface area contributed by atoms with Crippen LogP contribution < -0.4 is 5.32 Å². The zero-order valence-electron chi connectivity index (χ0n) is 13.8. The molecular weight excluding hydrogens is 290 g/mol. The molecule has 0 aromatic heterocycles. The van der Waals surface area contributed by atoms with E-state index >= 15 is 0 Å². The normalized spacial score (nSPS) is 21.3. The summed E-state index contributed by atoms with van der Waals surface area (Å²) < 4.78 is 33.6. The van der Waals surface area contributed by atoms with Crippen LogP contribution in [0.5, 0.6) is 0 Å². The smallest absolute Gasteiger partial charge is 0.281 e. The Hall–Kier alpha value is -0.210. The van der Waals surface area contributed by atoms with Crippen molar-refractivity contribution in [3.8, 4) is 0 Å². The Balaban J connectivity index is 2.51. The second kappa shape index (κ2) is 9.05. The van der Waals surface area contributed by atoms with Gasteiger partial charge in [-0.25, -0.2) is 0 Å². The molecule has 0 aliphatic carbocycles. The lowest BCUT2D eigenvalue weighted by molar-refractivity contribution is 0.0727. The summed E-state index contributed by atoms with van der Waals surface area (Å²) in [5.41, 5.74) is 0. The largest absolute Gasteiger partial charge is 0.377 e. The Kier molecular flexibility index (Phi) is 8.12. The first-order chi connectivity index (χ1) is 9.87. The monoisotopic (exact) mass is 321 g/mol. The van der Waals surface area contributed by atoms with E-state index in [1.165, 1.54) is 4.31 Å². The minimum absolute atomic E-state index is 0.126. The lowest BCUT2D eigenvalue weighted by atomic mass is 10.00. The number of rotatable bonds is 9. The number of hydrogen-bond donors (Lipinski definition) is 1. The van der Waals surface area contributed by atoms with E-state index in [1.807, 2.05) is 13.8 Å². The van der Waals surface area contributed by atoms with Crippen LogP contribution in [-0.2, 0) is 14.9 Å². The lowest BCUT2D eigenvalue weighted by Gasteiger charge is -2.34. The molecule has 1 aliphatic heterocycles. The molecule has 0 saturated carbocycles.